The Kier molecular flexibility index (Phi) is 3.23. The largest absolute Gasteiger partial charge is 0.322 e. The number of anilines is 1. The minimum absolute atomic E-state index is 0.00430. The van der Waals surface area contributed by atoms with Crippen molar-refractivity contribution in [3.8, 4) is 0 Å². The van der Waals surface area contributed by atoms with E-state index in [4.69, 9.17) is 23.2 Å². The van der Waals surface area contributed by atoms with Crippen molar-refractivity contribution >= 4 is 40.6 Å². The van der Waals surface area contributed by atoms with Crippen LogP contribution in [0.3, 0.4) is 0 Å². The van der Waals surface area contributed by atoms with Crippen LogP contribution in [0.2, 0.25) is 10.0 Å². The third-order valence-electron chi connectivity index (χ3n) is 3.35. The summed E-state index contributed by atoms with van der Waals surface area (Å²) in [5.74, 6) is -1.99. The molecule has 0 unspecified atom stereocenters. The van der Waals surface area contributed by atoms with E-state index in [1.165, 1.54) is 24.3 Å². The van der Waals surface area contributed by atoms with Crippen LogP contribution in [0.4, 0.5) is 10.1 Å². The van der Waals surface area contributed by atoms with Crippen molar-refractivity contribution in [1.29, 1.82) is 0 Å². The second kappa shape index (κ2) is 4.83. The topological polar surface area (TPSA) is 46.2 Å². The van der Waals surface area contributed by atoms with Gasteiger partial charge in [-0.25, -0.2) is 4.39 Å². The minimum Gasteiger partial charge on any atom is -0.322 e. The number of halogens is 3. The molecule has 1 aliphatic rings. The number of ketones is 1. The first-order valence-electron chi connectivity index (χ1n) is 6.04. The highest BCUT2D eigenvalue weighted by Gasteiger charge is 2.52. The van der Waals surface area contributed by atoms with E-state index in [0.717, 1.165) is 0 Å². The van der Waals surface area contributed by atoms with Crippen LogP contribution in [0.5, 0.6) is 0 Å². The van der Waals surface area contributed by atoms with Crippen molar-refractivity contribution in [3.63, 3.8) is 0 Å². The summed E-state index contributed by atoms with van der Waals surface area (Å²) in [4.78, 5) is 24.6. The number of alkyl halides is 1. The Morgan fingerprint density at radius 2 is 1.62 bits per heavy atom. The SMILES string of the molecule is O=C1Nc2cc(Cl)c(Cl)cc2C(=O)[C@]1(F)c1ccccc1. The van der Waals surface area contributed by atoms with E-state index in [1.54, 1.807) is 18.2 Å². The average Bonchev–Trinajstić information content (AvgIpc) is 2.48. The number of rotatable bonds is 1. The molecule has 3 rings (SSSR count). The number of fused-ring (bicyclic) bond motifs is 1. The van der Waals surface area contributed by atoms with Crippen molar-refractivity contribution in [2.24, 2.45) is 0 Å². The maximum Gasteiger partial charge on any atom is 0.275 e. The zero-order chi connectivity index (χ0) is 15.2. The summed E-state index contributed by atoms with van der Waals surface area (Å²) in [5.41, 5.74) is -2.64. The molecule has 3 nitrogen and oxygen atoms in total. The van der Waals surface area contributed by atoms with Gasteiger partial charge < -0.3 is 5.32 Å². The summed E-state index contributed by atoms with van der Waals surface area (Å²) in [6.45, 7) is 0. The molecule has 2 aromatic rings. The van der Waals surface area contributed by atoms with Crippen LogP contribution in [0, 0.1) is 0 Å². The first-order chi connectivity index (χ1) is 9.94. The number of hydrogen-bond acceptors (Lipinski definition) is 2. The highest BCUT2D eigenvalue weighted by Crippen LogP contribution is 2.40. The zero-order valence-corrected chi connectivity index (χ0v) is 12.0. The molecule has 0 spiro atoms. The van der Waals surface area contributed by atoms with Gasteiger partial charge in [0.1, 0.15) is 0 Å². The molecule has 0 aliphatic carbocycles. The smallest absolute Gasteiger partial charge is 0.275 e. The van der Waals surface area contributed by atoms with Gasteiger partial charge in [0.15, 0.2) is 0 Å². The van der Waals surface area contributed by atoms with Crippen molar-refractivity contribution in [1.82, 2.24) is 0 Å². The molecule has 0 aromatic heterocycles. The van der Waals surface area contributed by atoms with Gasteiger partial charge in [-0.1, -0.05) is 53.5 Å². The first-order valence-corrected chi connectivity index (χ1v) is 6.80. The van der Waals surface area contributed by atoms with Crippen LogP contribution in [0.1, 0.15) is 15.9 Å². The Labute approximate surface area is 129 Å². The van der Waals surface area contributed by atoms with Crippen molar-refractivity contribution in [2.75, 3.05) is 5.32 Å². The van der Waals surface area contributed by atoms with Gasteiger partial charge in [-0.15, -0.1) is 0 Å². The van der Waals surface area contributed by atoms with Crippen LogP contribution in [-0.2, 0) is 10.5 Å². The molecular formula is C15H8Cl2FNO2. The highest BCUT2D eigenvalue weighted by molar-refractivity contribution is 6.43. The Hall–Kier alpha value is -1.91. The third kappa shape index (κ3) is 2.03. The van der Waals surface area contributed by atoms with Crippen molar-refractivity contribution in [2.45, 2.75) is 5.67 Å². The number of benzene rings is 2. The van der Waals surface area contributed by atoms with Gasteiger partial charge in [0.05, 0.1) is 15.7 Å². The number of amides is 1. The van der Waals surface area contributed by atoms with Crippen LogP contribution < -0.4 is 5.32 Å². The lowest BCUT2D eigenvalue weighted by Gasteiger charge is -2.29. The van der Waals surface area contributed by atoms with Crippen molar-refractivity contribution in [3.05, 3.63) is 63.6 Å². The molecule has 106 valence electrons. The summed E-state index contributed by atoms with van der Waals surface area (Å²) in [6.07, 6.45) is 0. The lowest BCUT2D eigenvalue weighted by atomic mass is 9.83. The van der Waals surface area contributed by atoms with Gasteiger partial charge in [0.25, 0.3) is 11.6 Å². The Bertz CT molecular complexity index is 764. The van der Waals surface area contributed by atoms with Crippen LogP contribution in [-0.4, -0.2) is 11.7 Å². The van der Waals surface area contributed by atoms with E-state index in [0.29, 0.717) is 0 Å². The first kappa shape index (κ1) is 14.0. The lowest BCUT2D eigenvalue weighted by molar-refractivity contribution is -0.125. The van der Waals surface area contributed by atoms with Gasteiger partial charge in [0, 0.05) is 11.1 Å². The monoisotopic (exact) mass is 323 g/mol. The predicted molar refractivity (Wildman–Crippen MR) is 78.7 cm³/mol. The molecule has 0 saturated carbocycles. The predicted octanol–water partition coefficient (Wildman–Crippen LogP) is 3.99. The number of Topliss-reactive ketones (excluding diaryl/α,β-unsaturated/α-hetero) is 1. The maximum absolute atomic E-state index is 15.2. The standard InChI is InChI=1S/C15H8Cl2FNO2/c16-10-6-9-12(7-11(10)17)19-14(21)15(18,13(9)20)8-4-2-1-3-5-8/h1-7H,(H,19,21)/t15-/m1/s1. The van der Waals surface area contributed by atoms with E-state index in [1.807, 2.05) is 0 Å². The normalized spacial score (nSPS) is 20.9. The van der Waals surface area contributed by atoms with Gasteiger partial charge in [-0.2, -0.15) is 0 Å². The van der Waals surface area contributed by atoms with Crippen LogP contribution in [0.15, 0.2) is 42.5 Å². The number of carbonyl (C=O) groups is 2. The fraction of sp³-hybridized carbons (Fsp3) is 0.0667. The minimum atomic E-state index is -2.77. The molecule has 1 N–H and O–H groups in total. The zero-order valence-electron chi connectivity index (χ0n) is 10.5. The fourth-order valence-corrected chi connectivity index (χ4v) is 2.59. The lowest BCUT2D eigenvalue weighted by Crippen LogP contribution is -2.47. The van der Waals surface area contributed by atoms with Gasteiger partial charge >= 0.3 is 0 Å². The number of nitrogens with one attached hydrogen (secondary N) is 1. The Morgan fingerprint density at radius 1 is 1.00 bits per heavy atom. The quantitative estimate of drug-likeness (QED) is 0.806. The van der Waals surface area contributed by atoms with Crippen molar-refractivity contribution < 1.29 is 14.0 Å². The molecule has 1 aliphatic heterocycles. The summed E-state index contributed by atoms with van der Waals surface area (Å²) >= 11 is 11.7. The summed E-state index contributed by atoms with van der Waals surface area (Å²) in [5, 5.41) is 2.67. The molecule has 0 radical (unpaired) electrons. The van der Waals surface area contributed by atoms with E-state index >= 15 is 4.39 Å². The Morgan fingerprint density at radius 3 is 2.29 bits per heavy atom. The van der Waals surface area contributed by atoms with Gasteiger partial charge in [-0.05, 0) is 12.1 Å². The number of carbonyl (C=O) groups excluding carboxylic acids is 2. The molecule has 21 heavy (non-hydrogen) atoms. The van der Waals surface area contributed by atoms with Gasteiger partial charge in [-0.3, -0.25) is 9.59 Å². The third-order valence-corrected chi connectivity index (χ3v) is 4.07. The average molecular weight is 324 g/mol. The van der Waals surface area contributed by atoms with E-state index < -0.39 is 17.4 Å². The van der Waals surface area contributed by atoms with E-state index in [2.05, 4.69) is 5.32 Å². The van der Waals surface area contributed by atoms with Gasteiger partial charge in [0.2, 0.25) is 5.78 Å². The summed E-state index contributed by atoms with van der Waals surface area (Å²) < 4.78 is 15.2. The number of hydrogen-bond donors (Lipinski definition) is 1. The molecule has 1 atom stereocenters. The van der Waals surface area contributed by atoms with Crippen LogP contribution >= 0.6 is 23.2 Å². The molecule has 1 heterocycles. The second-order valence-electron chi connectivity index (χ2n) is 4.62. The molecule has 1 amide bonds. The summed E-state index contributed by atoms with van der Waals surface area (Å²) in [6, 6.07) is 10.2. The molecule has 0 saturated heterocycles. The molecule has 6 heteroatoms. The maximum atomic E-state index is 15.2. The van der Waals surface area contributed by atoms with E-state index in [-0.39, 0.29) is 26.9 Å². The molecular weight excluding hydrogens is 316 g/mol. The molecule has 0 bridgehead atoms. The second-order valence-corrected chi connectivity index (χ2v) is 5.43. The molecule has 2 aromatic carbocycles. The van der Waals surface area contributed by atoms with Crippen LogP contribution in [0.25, 0.3) is 0 Å². The Balaban J connectivity index is 2.20. The highest BCUT2D eigenvalue weighted by atomic mass is 35.5. The fourth-order valence-electron chi connectivity index (χ4n) is 2.27. The molecule has 0 fully saturated rings. The summed E-state index contributed by atoms with van der Waals surface area (Å²) in [7, 11) is 0. The van der Waals surface area contributed by atoms with E-state index in [9.17, 15) is 9.59 Å².